The summed E-state index contributed by atoms with van der Waals surface area (Å²) in [6.45, 7) is 7.64. The molecule has 0 saturated heterocycles. The van der Waals surface area contributed by atoms with Gasteiger partial charge in [0, 0.05) is 24.7 Å². The van der Waals surface area contributed by atoms with Crippen LogP contribution in [0.2, 0.25) is 0 Å². The quantitative estimate of drug-likeness (QED) is 0.725. The number of fused-ring (bicyclic) bond motifs is 1. The maximum atomic E-state index is 10.8. The molecule has 1 aliphatic heterocycles. The Morgan fingerprint density at radius 3 is 2.81 bits per heavy atom. The van der Waals surface area contributed by atoms with E-state index in [2.05, 4.69) is 29.4 Å². The third-order valence-electron chi connectivity index (χ3n) is 3.69. The number of carbonyl (C=O) groups excluding carboxylic acids is 1. The van der Waals surface area contributed by atoms with E-state index in [-0.39, 0.29) is 0 Å². The van der Waals surface area contributed by atoms with Crippen molar-refractivity contribution in [1.29, 1.82) is 0 Å². The summed E-state index contributed by atoms with van der Waals surface area (Å²) in [4.78, 5) is 13.3. The van der Waals surface area contributed by atoms with Crippen LogP contribution in [0.3, 0.4) is 0 Å². The van der Waals surface area contributed by atoms with E-state index in [0.717, 1.165) is 44.5 Å². The molecule has 0 aliphatic carbocycles. The van der Waals surface area contributed by atoms with E-state index in [4.69, 9.17) is 0 Å². The number of hydrogen-bond acceptors (Lipinski definition) is 2. The minimum Gasteiger partial charge on any atom is -0.342 e. The summed E-state index contributed by atoms with van der Waals surface area (Å²) in [6.07, 6.45) is 3.20. The van der Waals surface area contributed by atoms with Crippen molar-refractivity contribution >= 4 is 6.29 Å². The molecule has 2 heterocycles. The first-order chi connectivity index (χ1) is 7.80. The van der Waals surface area contributed by atoms with E-state index >= 15 is 0 Å². The van der Waals surface area contributed by atoms with Gasteiger partial charge in [-0.2, -0.15) is 0 Å². The molecule has 16 heavy (non-hydrogen) atoms. The van der Waals surface area contributed by atoms with Gasteiger partial charge in [0.2, 0.25) is 0 Å². The minimum absolute atomic E-state index is 0.650. The molecule has 3 heteroatoms. The lowest BCUT2D eigenvalue weighted by Crippen LogP contribution is -2.40. The number of aldehydes is 1. The van der Waals surface area contributed by atoms with Gasteiger partial charge in [-0.05, 0) is 31.6 Å². The van der Waals surface area contributed by atoms with Gasteiger partial charge < -0.3 is 9.47 Å². The van der Waals surface area contributed by atoms with Crippen molar-refractivity contribution in [1.82, 2.24) is 9.47 Å². The molecule has 1 aromatic heterocycles. The molecule has 0 aromatic carbocycles. The summed E-state index contributed by atoms with van der Waals surface area (Å²) in [6, 6.07) is 4.68. The molecule has 0 spiro atoms. The summed E-state index contributed by atoms with van der Waals surface area (Å²) in [5, 5.41) is 0. The summed E-state index contributed by atoms with van der Waals surface area (Å²) < 4.78 is 2.16. The number of rotatable bonds is 4. The molecule has 88 valence electrons. The van der Waals surface area contributed by atoms with Gasteiger partial charge in [0.1, 0.15) is 0 Å². The molecule has 0 bridgehead atoms. The van der Waals surface area contributed by atoms with Crippen molar-refractivity contribution in [2.45, 2.75) is 39.3 Å². The highest BCUT2D eigenvalue weighted by Crippen LogP contribution is 2.21. The lowest BCUT2D eigenvalue weighted by atomic mass is 10.0. The third-order valence-corrected chi connectivity index (χ3v) is 3.69. The molecular formula is C13H20N2O. The predicted molar refractivity (Wildman–Crippen MR) is 64.8 cm³/mol. The largest absolute Gasteiger partial charge is 0.342 e. The smallest absolute Gasteiger partial charge is 0.166 e. The van der Waals surface area contributed by atoms with Crippen molar-refractivity contribution in [2.24, 2.45) is 0 Å². The van der Waals surface area contributed by atoms with E-state index in [1.165, 1.54) is 5.69 Å². The van der Waals surface area contributed by atoms with Gasteiger partial charge in [-0.15, -0.1) is 0 Å². The third kappa shape index (κ3) is 1.92. The van der Waals surface area contributed by atoms with E-state index in [1.54, 1.807) is 0 Å². The van der Waals surface area contributed by atoms with Crippen molar-refractivity contribution < 1.29 is 4.79 Å². The first-order valence-electron chi connectivity index (χ1n) is 6.17. The zero-order valence-electron chi connectivity index (χ0n) is 10.1. The van der Waals surface area contributed by atoms with Crippen LogP contribution in [0.25, 0.3) is 0 Å². The first kappa shape index (κ1) is 11.4. The minimum atomic E-state index is 0.650. The van der Waals surface area contributed by atoms with Crippen LogP contribution in [0, 0.1) is 0 Å². The van der Waals surface area contributed by atoms with Gasteiger partial charge in [0.25, 0.3) is 0 Å². The summed E-state index contributed by atoms with van der Waals surface area (Å²) in [7, 11) is 0. The van der Waals surface area contributed by atoms with Crippen LogP contribution in [0.4, 0.5) is 0 Å². The summed E-state index contributed by atoms with van der Waals surface area (Å²) in [5.74, 6) is 0. The predicted octanol–water partition coefficient (Wildman–Crippen LogP) is 1.96. The van der Waals surface area contributed by atoms with E-state index in [0.29, 0.717) is 6.04 Å². The molecule has 1 aliphatic rings. The van der Waals surface area contributed by atoms with E-state index in [1.807, 2.05) is 6.07 Å². The number of hydrogen-bond donors (Lipinski definition) is 0. The number of aromatic nitrogens is 1. The van der Waals surface area contributed by atoms with Crippen LogP contribution in [-0.2, 0) is 13.0 Å². The Hall–Kier alpha value is -1.09. The fourth-order valence-corrected chi connectivity index (χ4v) is 2.75. The molecule has 1 aromatic rings. The second-order valence-corrected chi connectivity index (χ2v) is 4.39. The number of carbonyl (C=O) groups is 1. The standard InChI is InChI=1S/C13H20N2O/c1-3-14(4-2)11-7-8-15-12(9-11)5-6-13(15)10-16/h5-6,10-11H,3-4,7-9H2,1-2H3. The maximum absolute atomic E-state index is 10.8. The summed E-state index contributed by atoms with van der Waals surface area (Å²) in [5.41, 5.74) is 2.14. The maximum Gasteiger partial charge on any atom is 0.166 e. The van der Waals surface area contributed by atoms with Crippen LogP contribution < -0.4 is 0 Å². The number of likely N-dealkylation sites (N-methyl/N-ethyl adjacent to an activating group) is 1. The highest BCUT2D eigenvalue weighted by molar-refractivity contribution is 5.72. The average Bonchev–Trinajstić information content (AvgIpc) is 2.73. The van der Waals surface area contributed by atoms with Crippen LogP contribution in [0.1, 0.15) is 36.5 Å². The molecule has 2 rings (SSSR count). The zero-order valence-corrected chi connectivity index (χ0v) is 10.1. The van der Waals surface area contributed by atoms with Gasteiger partial charge >= 0.3 is 0 Å². The second kappa shape index (κ2) is 4.83. The van der Waals surface area contributed by atoms with Gasteiger partial charge in [-0.25, -0.2) is 0 Å². The Morgan fingerprint density at radius 2 is 2.19 bits per heavy atom. The van der Waals surface area contributed by atoms with Crippen molar-refractivity contribution in [3.8, 4) is 0 Å². The number of nitrogens with zero attached hydrogens (tertiary/aromatic N) is 2. The zero-order chi connectivity index (χ0) is 11.5. The highest BCUT2D eigenvalue weighted by atomic mass is 16.1. The topological polar surface area (TPSA) is 25.2 Å². The van der Waals surface area contributed by atoms with Crippen LogP contribution in [0.15, 0.2) is 12.1 Å². The Bertz CT molecular complexity index is 366. The average molecular weight is 220 g/mol. The Morgan fingerprint density at radius 1 is 1.44 bits per heavy atom. The molecule has 0 radical (unpaired) electrons. The fourth-order valence-electron chi connectivity index (χ4n) is 2.75. The highest BCUT2D eigenvalue weighted by Gasteiger charge is 2.23. The molecule has 1 atom stereocenters. The molecule has 0 saturated carbocycles. The SMILES string of the molecule is CCN(CC)C1CCn2c(C=O)ccc2C1. The Kier molecular flexibility index (Phi) is 3.44. The normalized spacial score (nSPS) is 19.8. The lowest BCUT2D eigenvalue weighted by molar-refractivity contribution is 0.111. The molecule has 0 N–H and O–H groups in total. The molecule has 0 fully saturated rings. The van der Waals surface area contributed by atoms with Gasteiger partial charge in [-0.1, -0.05) is 13.8 Å². The fraction of sp³-hybridized carbons (Fsp3) is 0.615. The van der Waals surface area contributed by atoms with Crippen molar-refractivity contribution in [2.75, 3.05) is 13.1 Å². The van der Waals surface area contributed by atoms with Crippen molar-refractivity contribution in [3.05, 3.63) is 23.5 Å². The molecule has 3 nitrogen and oxygen atoms in total. The van der Waals surface area contributed by atoms with Crippen LogP contribution >= 0.6 is 0 Å². The first-order valence-corrected chi connectivity index (χ1v) is 6.17. The molecule has 1 unspecified atom stereocenters. The Labute approximate surface area is 97.1 Å². The van der Waals surface area contributed by atoms with Crippen LogP contribution in [-0.4, -0.2) is 34.9 Å². The van der Waals surface area contributed by atoms with Crippen LogP contribution in [0.5, 0.6) is 0 Å². The van der Waals surface area contributed by atoms with Gasteiger partial charge in [0.05, 0.1) is 5.69 Å². The lowest BCUT2D eigenvalue weighted by Gasteiger charge is -2.33. The Balaban J connectivity index is 2.15. The van der Waals surface area contributed by atoms with Gasteiger partial charge in [0.15, 0.2) is 6.29 Å². The monoisotopic (exact) mass is 220 g/mol. The van der Waals surface area contributed by atoms with E-state index < -0.39 is 0 Å². The summed E-state index contributed by atoms with van der Waals surface area (Å²) >= 11 is 0. The van der Waals surface area contributed by atoms with Gasteiger partial charge in [-0.3, -0.25) is 4.79 Å². The molecular weight excluding hydrogens is 200 g/mol. The van der Waals surface area contributed by atoms with Crippen molar-refractivity contribution in [3.63, 3.8) is 0 Å². The van der Waals surface area contributed by atoms with E-state index in [9.17, 15) is 4.79 Å². The second-order valence-electron chi connectivity index (χ2n) is 4.39. The molecule has 0 amide bonds.